The Labute approximate surface area is 219 Å². The van der Waals surface area contributed by atoms with Crippen LogP contribution >= 0.6 is 0 Å². The van der Waals surface area contributed by atoms with Gasteiger partial charge in [0.15, 0.2) is 5.82 Å². The molecule has 0 amide bonds. The highest BCUT2D eigenvalue weighted by atomic mass is 19.1. The van der Waals surface area contributed by atoms with Crippen LogP contribution < -0.4 is 10.3 Å². The van der Waals surface area contributed by atoms with Crippen LogP contribution in [-0.2, 0) is 26.1 Å². The van der Waals surface area contributed by atoms with Crippen molar-refractivity contribution in [3.05, 3.63) is 118 Å². The molecule has 3 aromatic carbocycles. The van der Waals surface area contributed by atoms with E-state index in [1.165, 1.54) is 17.7 Å². The number of H-pyrrole nitrogens is 1. The highest BCUT2D eigenvalue weighted by Gasteiger charge is 2.16. The number of pyridine rings is 1. The third-order valence-corrected chi connectivity index (χ3v) is 6.37. The normalized spacial score (nSPS) is 11.3. The molecule has 0 aliphatic carbocycles. The second-order valence-corrected chi connectivity index (χ2v) is 9.13. The molecular formula is C29H29FN6O2. The van der Waals surface area contributed by atoms with Crippen molar-refractivity contribution in [1.82, 2.24) is 30.1 Å². The molecule has 0 saturated heterocycles. The topological polar surface area (TPSA) is 88.9 Å². The molecule has 9 heteroatoms. The van der Waals surface area contributed by atoms with Crippen molar-refractivity contribution in [2.75, 3.05) is 13.2 Å². The lowest BCUT2D eigenvalue weighted by atomic mass is 10.1. The standard InChI is InChI=1S/C29H29FN6O2/c1-2-38-26-12-13-27-23(17-26)16-24(29(37)31-27)19-35(15-14-21-6-4-3-5-7-21)20-28-32-33-34-36(28)18-22-8-10-25(30)11-9-22/h3-13,16-17H,2,14-15,18-20H2,1H3,(H,31,37). The predicted molar refractivity (Wildman–Crippen MR) is 143 cm³/mol. The Hall–Kier alpha value is -4.37. The number of rotatable bonds is 11. The number of nitrogens with one attached hydrogen (secondary N) is 1. The van der Waals surface area contributed by atoms with Crippen LogP contribution in [0.2, 0.25) is 0 Å². The van der Waals surface area contributed by atoms with Crippen LogP contribution in [0.4, 0.5) is 4.39 Å². The molecule has 0 saturated carbocycles. The van der Waals surface area contributed by atoms with Crippen molar-refractivity contribution in [2.45, 2.75) is 33.0 Å². The minimum absolute atomic E-state index is 0.128. The number of halogens is 1. The number of hydrogen-bond acceptors (Lipinski definition) is 6. The summed E-state index contributed by atoms with van der Waals surface area (Å²) < 4.78 is 20.7. The van der Waals surface area contributed by atoms with Gasteiger partial charge in [0.25, 0.3) is 5.56 Å². The molecule has 194 valence electrons. The number of aromatic nitrogens is 5. The third kappa shape index (κ3) is 6.30. The van der Waals surface area contributed by atoms with Crippen LogP contribution in [0.3, 0.4) is 0 Å². The molecule has 0 spiro atoms. The van der Waals surface area contributed by atoms with Crippen LogP contribution in [0, 0.1) is 5.82 Å². The number of aromatic amines is 1. The Balaban J connectivity index is 1.40. The molecule has 2 aromatic heterocycles. The molecular weight excluding hydrogens is 483 g/mol. The molecule has 2 heterocycles. The number of benzene rings is 3. The predicted octanol–water partition coefficient (Wildman–Crippen LogP) is 4.35. The summed E-state index contributed by atoms with van der Waals surface area (Å²) in [6.45, 7) is 4.49. The molecule has 0 fully saturated rings. The third-order valence-electron chi connectivity index (χ3n) is 6.37. The van der Waals surface area contributed by atoms with Crippen molar-refractivity contribution >= 4 is 10.9 Å². The van der Waals surface area contributed by atoms with Crippen LogP contribution in [-0.4, -0.2) is 43.2 Å². The van der Waals surface area contributed by atoms with E-state index in [0.29, 0.717) is 44.2 Å². The number of tetrazole rings is 1. The van der Waals surface area contributed by atoms with Crippen molar-refractivity contribution in [2.24, 2.45) is 0 Å². The Morgan fingerprint density at radius 3 is 2.58 bits per heavy atom. The van der Waals surface area contributed by atoms with Crippen molar-refractivity contribution < 1.29 is 9.13 Å². The van der Waals surface area contributed by atoms with Gasteiger partial charge in [-0.2, -0.15) is 0 Å². The summed E-state index contributed by atoms with van der Waals surface area (Å²) in [6, 6.07) is 24.1. The van der Waals surface area contributed by atoms with Crippen molar-refractivity contribution in [3.63, 3.8) is 0 Å². The Morgan fingerprint density at radius 1 is 0.974 bits per heavy atom. The zero-order chi connectivity index (χ0) is 26.3. The fourth-order valence-electron chi connectivity index (χ4n) is 4.41. The molecule has 8 nitrogen and oxygen atoms in total. The van der Waals surface area contributed by atoms with Crippen LogP contribution in [0.15, 0.2) is 83.7 Å². The van der Waals surface area contributed by atoms with Gasteiger partial charge in [-0.1, -0.05) is 42.5 Å². The van der Waals surface area contributed by atoms with E-state index in [-0.39, 0.29) is 11.4 Å². The molecule has 1 N–H and O–H groups in total. The smallest absolute Gasteiger partial charge is 0.252 e. The maximum Gasteiger partial charge on any atom is 0.252 e. The van der Waals surface area contributed by atoms with E-state index in [4.69, 9.17) is 4.74 Å². The van der Waals surface area contributed by atoms with Gasteiger partial charge in [0.1, 0.15) is 11.6 Å². The lowest BCUT2D eigenvalue weighted by Crippen LogP contribution is -2.30. The summed E-state index contributed by atoms with van der Waals surface area (Å²) in [5.74, 6) is 1.14. The van der Waals surface area contributed by atoms with E-state index in [2.05, 4.69) is 37.5 Å². The Kier molecular flexibility index (Phi) is 7.84. The molecule has 38 heavy (non-hydrogen) atoms. The first-order chi connectivity index (χ1) is 18.6. The number of fused-ring (bicyclic) bond motifs is 1. The lowest BCUT2D eigenvalue weighted by Gasteiger charge is -2.22. The first kappa shape index (κ1) is 25.3. The molecule has 5 aromatic rings. The molecule has 0 aliphatic rings. The molecule has 0 unspecified atom stereocenters. The van der Waals surface area contributed by atoms with Crippen molar-refractivity contribution in [1.29, 1.82) is 0 Å². The van der Waals surface area contributed by atoms with Gasteiger partial charge in [-0.15, -0.1) is 5.10 Å². The Morgan fingerprint density at radius 2 is 1.79 bits per heavy atom. The second-order valence-electron chi connectivity index (χ2n) is 9.13. The molecule has 0 bridgehead atoms. The van der Waals surface area contributed by atoms with Crippen LogP contribution in [0.1, 0.15) is 29.4 Å². The summed E-state index contributed by atoms with van der Waals surface area (Å²) in [5, 5.41) is 13.2. The van der Waals surface area contributed by atoms with Crippen molar-refractivity contribution in [3.8, 4) is 5.75 Å². The van der Waals surface area contributed by atoms with Gasteiger partial charge in [0.2, 0.25) is 0 Å². The molecule has 0 atom stereocenters. The van der Waals surface area contributed by atoms with Gasteiger partial charge in [-0.05, 0) is 71.3 Å². The summed E-state index contributed by atoms with van der Waals surface area (Å²) in [4.78, 5) is 18.2. The van der Waals surface area contributed by atoms with Gasteiger partial charge < -0.3 is 9.72 Å². The van der Waals surface area contributed by atoms with E-state index in [1.54, 1.807) is 16.8 Å². The molecule has 5 rings (SSSR count). The summed E-state index contributed by atoms with van der Waals surface area (Å²) >= 11 is 0. The quantitative estimate of drug-likeness (QED) is 0.283. The Bertz CT molecular complexity index is 1550. The van der Waals surface area contributed by atoms with E-state index in [9.17, 15) is 9.18 Å². The average molecular weight is 513 g/mol. The number of nitrogens with zero attached hydrogens (tertiary/aromatic N) is 5. The maximum atomic E-state index is 13.4. The zero-order valence-corrected chi connectivity index (χ0v) is 21.2. The largest absolute Gasteiger partial charge is 0.494 e. The fourth-order valence-corrected chi connectivity index (χ4v) is 4.41. The SMILES string of the molecule is CCOc1ccc2[nH]c(=O)c(CN(CCc3ccccc3)Cc3nnnn3Cc3ccc(F)cc3)cc2c1. The summed E-state index contributed by atoms with van der Waals surface area (Å²) in [6.07, 6.45) is 0.806. The van der Waals surface area contributed by atoms with Crippen LogP contribution in [0.25, 0.3) is 10.9 Å². The van der Waals surface area contributed by atoms with Gasteiger partial charge in [-0.3, -0.25) is 9.69 Å². The van der Waals surface area contributed by atoms with Crippen LogP contribution in [0.5, 0.6) is 5.75 Å². The van der Waals surface area contributed by atoms with Gasteiger partial charge in [0.05, 0.1) is 19.7 Å². The summed E-state index contributed by atoms with van der Waals surface area (Å²) in [5.41, 5.74) is 3.39. The zero-order valence-electron chi connectivity index (χ0n) is 21.2. The van der Waals surface area contributed by atoms with E-state index < -0.39 is 0 Å². The van der Waals surface area contributed by atoms with Gasteiger partial charge in [0, 0.05) is 29.6 Å². The molecule has 0 radical (unpaired) electrons. The fraction of sp³-hybridized carbons (Fsp3) is 0.241. The highest BCUT2D eigenvalue weighted by Crippen LogP contribution is 2.20. The minimum atomic E-state index is -0.285. The number of ether oxygens (including phenoxy) is 1. The second kappa shape index (κ2) is 11.8. The lowest BCUT2D eigenvalue weighted by molar-refractivity contribution is 0.248. The minimum Gasteiger partial charge on any atom is -0.494 e. The maximum absolute atomic E-state index is 13.4. The van der Waals surface area contributed by atoms with Gasteiger partial charge >= 0.3 is 0 Å². The highest BCUT2D eigenvalue weighted by molar-refractivity contribution is 5.80. The monoisotopic (exact) mass is 512 g/mol. The average Bonchev–Trinajstić information content (AvgIpc) is 3.36. The van der Waals surface area contributed by atoms with Gasteiger partial charge in [-0.25, -0.2) is 9.07 Å². The van der Waals surface area contributed by atoms with E-state index in [0.717, 1.165) is 28.6 Å². The first-order valence-electron chi connectivity index (χ1n) is 12.6. The van der Waals surface area contributed by atoms with E-state index in [1.807, 2.05) is 49.4 Å². The number of hydrogen-bond donors (Lipinski definition) is 1. The molecule has 0 aliphatic heterocycles. The first-order valence-corrected chi connectivity index (χ1v) is 12.6. The summed E-state index contributed by atoms with van der Waals surface area (Å²) in [7, 11) is 0. The van der Waals surface area contributed by atoms with E-state index >= 15 is 0 Å².